The molecular formula is C29H24N4O4. The lowest BCUT2D eigenvalue weighted by atomic mass is 10.1. The van der Waals surface area contributed by atoms with Gasteiger partial charge in [0.25, 0.3) is 5.91 Å². The normalized spacial score (nSPS) is 11.2. The number of carbonyl (C=O) groups excluding carboxylic acids is 1. The summed E-state index contributed by atoms with van der Waals surface area (Å²) in [6, 6.07) is 22.8. The van der Waals surface area contributed by atoms with Crippen molar-refractivity contribution < 1.29 is 13.9 Å². The molecule has 0 radical (unpaired) electrons. The van der Waals surface area contributed by atoms with E-state index in [1.165, 1.54) is 12.5 Å². The lowest BCUT2D eigenvalue weighted by molar-refractivity contribution is -0.123. The maximum absolute atomic E-state index is 12.7. The third-order valence-corrected chi connectivity index (χ3v) is 5.76. The number of para-hydroxylation sites is 1. The Hall–Kier alpha value is -4.98. The molecule has 0 aliphatic rings. The summed E-state index contributed by atoms with van der Waals surface area (Å²) < 4.78 is 13.2. The number of carbonyl (C=O) groups is 1. The zero-order valence-corrected chi connectivity index (χ0v) is 20.3. The SMILES string of the molecule is Cc1ccc(OCC(=O)N/N=C/c2coc3ccc(C)cc3c2=O)c(-c2ccnn2-c2ccccc2)c1. The smallest absolute Gasteiger partial charge is 0.277 e. The fourth-order valence-corrected chi connectivity index (χ4v) is 3.95. The molecule has 184 valence electrons. The summed E-state index contributed by atoms with van der Waals surface area (Å²) in [4.78, 5) is 25.1. The van der Waals surface area contributed by atoms with Crippen LogP contribution in [-0.2, 0) is 4.79 Å². The van der Waals surface area contributed by atoms with Gasteiger partial charge in [0.05, 0.1) is 34.7 Å². The lowest BCUT2D eigenvalue weighted by Gasteiger charge is -2.14. The van der Waals surface area contributed by atoms with Gasteiger partial charge in [-0.3, -0.25) is 9.59 Å². The average Bonchev–Trinajstić information content (AvgIpc) is 3.40. The predicted octanol–water partition coefficient (Wildman–Crippen LogP) is 4.79. The van der Waals surface area contributed by atoms with E-state index in [2.05, 4.69) is 15.6 Å². The summed E-state index contributed by atoms with van der Waals surface area (Å²) in [5.41, 5.74) is 7.44. The molecule has 2 heterocycles. The number of benzene rings is 3. The molecule has 0 aliphatic heterocycles. The van der Waals surface area contributed by atoms with Crippen molar-refractivity contribution in [2.24, 2.45) is 5.10 Å². The van der Waals surface area contributed by atoms with Crippen LogP contribution in [0.15, 0.2) is 99.6 Å². The van der Waals surface area contributed by atoms with E-state index < -0.39 is 5.91 Å². The van der Waals surface area contributed by atoms with Crippen LogP contribution in [0.25, 0.3) is 27.9 Å². The van der Waals surface area contributed by atoms with Crippen LogP contribution in [0.4, 0.5) is 0 Å². The number of hydrogen-bond acceptors (Lipinski definition) is 6. The highest BCUT2D eigenvalue weighted by Crippen LogP contribution is 2.32. The van der Waals surface area contributed by atoms with E-state index in [9.17, 15) is 9.59 Å². The van der Waals surface area contributed by atoms with Gasteiger partial charge in [0, 0.05) is 5.56 Å². The van der Waals surface area contributed by atoms with Crippen molar-refractivity contribution >= 4 is 23.1 Å². The minimum Gasteiger partial charge on any atom is -0.483 e. The maximum Gasteiger partial charge on any atom is 0.277 e. The summed E-state index contributed by atoms with van der Waals surface area (Å²) in [5.74, 6) is 0.0633. The standard InChI is InChI=1S/C29H24N4O4/c1-19-8-10-26(23(14-19)25-12-13-31-33(25)22-6-4-3-5-7-22)37-18-28(34)32-30-16-21-17-36-27-11-9-20(2)15-24(27)29(21)35/h3-17H,18H2,1-2H3,(H,32,34)/b30-16+. The molecule has 5 aromatic rings. The number of fused-ring (bicyclic) bond motifs is 1. The number of rotatable bonds is 7. The molecule has 0 fully saturated rings. The molecule has 5 rings (SSSR count). The van der Waals surface area contributed by atoms with Crippen LogP contribution in [-0.4, -0.2) is 28.5 Å². The van der Waals surface area contributed by atoms with Gasteiger partial charge >= 0.3 is 0 Å². The zero-order chi connectivity index (χ0) is 25.8. The molecule has 8 heteroatoms. The van der Waals surface area contributed by atoms with Gasteiger partial charge in [0.2, 0.25) is 5.43 Å². The number of aromatic nitrogens is 2. The quantitative estimate of drug-likeness (QED) is 0.260. The van der Waals surface area contributed by atoms with Gasteiger partial charge < -0.3 is 9.15 Å². The first-order valence-corrected chi connectivity index (χ1v) is 11.7. The Labute approximate surface area is 212 Å². The molecule has 0 unspecified atom stereocenters. The number of aryl methyl sites for hydroxylation is 2. The number of nitrogens with one attached hydrogen (secondary N) is 1. The minimum atomic E-state index is -0.472. The molecule has 0 saturated heterocycles. The second kappa shape index (κ2) is 10.3. The molecule has 0 bridgehead atoms. The monoisotopic (exact) mass is 492 g/mol. The Morgan fingerprint density at radius 1 is 1.05 bits per heavy atom. The molecule has 1 N–H and O–H groups in total. The van der Waals surface area contributed by atoms with Crippen LogP contribution in [0.1, 0.15) is 16.7 Å². The van der Waals surface area contributed by atoms with Gasteiger partial charge in [-0.2, -0.15) is 10.2 Å². The topological polar surface area (TPSA) is 98.7 Å². The molecule has 3 aromatic carbocycles. The van der Waals surface area contributed by atoms with Crippen LogP contribution < -0.4 is 15.6 Å². The van der Waals surface area contributed by atoms with Crippen molar-refractivity contribution in [1.29, 1.82) is 0 Å². The van der Waals surface area contributed by atoms with Gasteiger partial charge in [-0.15, -0.1) is 0 Å². The van der Waals surface area contributed by atoms with Crippen molar-refractivity contribution in [3.05, 3.63) is 112 Å². The Kier molecular flexibility index (Phi) is 6.63. The third-order valence-electron chi connectivity index (χ3n) is 5.76. The first-order chi connectivity index (χ1) is 18.0. The van der Waals surface area contributed by atoms with E-state index in [4.69, 9.17) is 9.15 Å². The molecule has 0 aliphatic carbocycles. The Morgan fingerprint density at radius 3 is 2.68 bits per heavy atom. The highest BCUT2D eigenvalue weighted by Gasteiger charge is 2.14. The summed E-state index contributed by atoms with van der Waals surface area (Å²) in [5, 5.41) is 8.82. The van der Waals surface area contributed by atoms with Gasteiger partial charge in [-0.1, -0.05) is 41.5 Å². The van der Waals surface area contributed by atoms with Crippen molar-refractivity contribution in [2.75, 3.05) is 6.61 Å². The second-order valence-electron chi connectivity index (χ2n) is 8.57. The number of hydrogen-bond donors (Lipinski definition) is 1. The van der Waals surface area contributed by atoms with E-state index in [0.29, 0.717) is 16.7 Å². The Morgan fingerprint density at radius 2 is 1.84 bits per heavy atom. The number of amides is 1. The van der Waals surface area contributed by atoms with Crippen molar-refractivity contribution in [3.8, 4) is 22.7 Å². The van der Waals surface area contributed by atoms with E-state index in [-0.39, 0.29) is 17.6 Å². The minimum absolute atomic E-state index is 0.224. The molecule has 0 saturated carbocycles. The molecular weight excluding hydrogens is 468 g/mol. The third kappa shape index (κ3) is 5.18. The van der Waals surface area contributed by atoms with Gasteiger partial charge in [-0.25, -0.2) is 10.1 Å². The number of hydrazone groups is 1. The van der Waals surface area contributed by atoms with Crippen LogP contribution in [0.3, 0.4) is 0 Å². The number of ether oxygens (including phenoxy) is 1. The largest absolute Gasteiger partial charge is 0.483 e. The molecule has 8 nitrogen and oxygen atoms in total. The highest BCUT2D eigenvalue weighted by molar-refractivity contribution is 5.87. The van der Waals surface area contributed by atoms with Crippen LogP contribution in [0.2, 0.25) is 0 Å². The van der Waals surface area contributed by atoms with Gasteiger partial charge in [-0.05, 0) is 56.3 Å². The summed E-state index contributed by atoms with van der Waals surface area (Å²) >= 11 is 0. The fourth-order valence-electron chi connectivity index (χ4n) is 3.95. The fraction of sp³-hybridized carbons (Fsp3) is 0.103. The second-order valence-corrected chi connectivity index (χ2v) is 8.57. The van der Waals surface area contributed by atoms with Crippen LogP contribution in [0.5, 0.6) is 5.75 Å². The van der Waals surface area contributed by atoms with E-state index >= 15 is 0 Å². The van der Waals surface area contributed by atoms with Crippen LogP contribution in [0, 0.1) is 13.8 Å². The summed E-state index contributed by atoms with van der Waals surface area (Å²) in [7, 11) is 0. The molecule has 37 heavy (non-hydrogen) atoms. The lowest BCUT2D eigenvalue weighted by Crippen LogP contribution is -2.25. The molecule has 1 amide bonds. The predicted molar refractivity (Wildman–Crippen MR) is 142 cm³/mol. The number of nitrogens with zero attached hydrogens (tertiary/aromatic N) is 3. The van der Waals surface area contributed by atoms with Crippen molar-refractivity contribution in [3.63, 3.8) is 0 Å². The highest BCUT2D eigenvalue weighted by atomic mass is 16.5. The van der Waals surface area contributed by atoms with Crippen molar-refractivity contribution in [1.82, 2.24) is 15.2 Å². The molecule has 2 aromatic heterocycles. The van der Waals surface area contributed by atoms with Gasteiger partial charge in [0.15, 0.2) is 6.61 Å². The van der Waals surface area contributed by atoms with E-state index in [0.717, 1.165) is 28.1 Å². The first kappa shape index (κ1) is 23.7. The Balaban J connectivity index is 1.30. The van der Waals surface area contributed by atoms with Crippen molar-refractivity contribution in [2.45, 2.75) is 13.8 Å². The summed E-state index contributed by atoms with van der Waals surface area (Å²) in [6.45, 7) is 3.62. The Bertz CT molecular complexity index is 1670. The first-order valence-electron chi connectivity index (χ1n) is 11.7. The molecule has 0 spiro atoms. The maximum atomic E-state index is 12.7. The van der Waals surface area contributed by atoms with E-state index in [1.54, 1.807) is 18.3 Å². The van der Waals surface area contributed by atoms with E-state index in [1.807, 2.05) is 79.2 Å². The average molecular weight is 493 g/mol. The zero-order valence-electron chi connectivity index (χ0n) is 20.3. The molecule has 0 atom stereocenters. The van der Waals surface area contributed by atoms with Gasteiger partial charge in [0.1, 0.15) is 17.6 Å². The van der Waals surface area contributed by atoms with Crippen LogP contribution >= 0.6 is 0 Å². The summed E-state index contributed by atoms with van der Waals surface area (Å²) in [6.07, 6.45) is 4.31.